The summed E-state index contributed by atoms with van der Waals surface area (Å²) in [4.78, 5) is 40.8. The van der Waals surface area contributed by atoms with E-state index in [1.54, 1.807) is 11.8 Å². The van der Waals surface area contributed by atoms with Crippen molar-refractivity contribution in [3.63, 3.8) is 0 Å². The Kier molecular flexibility index (Phi) is 5.97. The van der Waals surface area contributed by atoms with Gasteiger partial charge in [0.1, 0.15) is 6.04 Å². The highest BCUT2D eigenvalue weighted by Gasteiger charge is 2.37. The van der Waals surface area contributed by atoms with Gasteiger partial charge in [-0.15, -0.1) is 0 Å². The topological polar surface area (TPSA) is 104 Å². The maximum atomic E-state index is 12.7. The maximum Gasteiger partial charge on any atom is 0.244 e. The van der Waals surface area contributed by atoms with Gasteiger partial charge < -0.3 is 15.1 Å². The monoisotopic (exact) mass is 421 g/mol. The third kappa shape index (κ3) is 4.60. The van der Waals surface area contributed by atoms with E-state index in [1.165, 1.54) is 4.90 Å². The number of aryl methyl sites for hydroxylation is 1. The van der Waals surface area contributed by atoms with Crippen LogP contribution < -0.4 is 10.2 Å². The van der Waals surface area contributed by atoms with Gasteiger partial charge in [0.15, 0.2) is 9.84 Å². The summed E-state index contributed by atoms with van der Waals surface area (Å²) in [5.41, 5.74) is 2.89. The molecule has 2 aliphatic rings. The quantitative estimate of drug-likeness (QED) is 0.759. The number of nitrogens with one attached hydrogen (secondary N) is 1. The van der Waals surface area contributed by atoms with Crippen molar-refractivity contribution >= 4 is 33.2 Å². The van der Waals surface area contributed by atoms with Crippen molar-refractivity contribution in [2.75, 3.05) is 36.0 Å². The largest absolute Gasteiger partial charge is 0.344 e. The minimum absolute atomic E-state index is 0.0542. The van der Waals surface area contributed by atoms with Gasteiger partial charge in [-0.3, -0.25) is 14.4 Å². The average molecular weight is 422 g/mol. The van der Waals surface area contributed by atoms with Gasteiger partial charge in [0.05, 0.1) is 17.4 Å². The van der Waals surface area contributed by atoms with Gasteiger partial charge >= 0.3 is 0 Å². The van der Waals surface area contributed by atoms with E-state index in [9.17, 15) is 22.8 Å². The summed E-state index contributed by atoms with van der Waals surface area (Å²) in [5, 5.41) is 2.70. The smallest absolute Gasteiger partial charge is 0.244 e. The minimum atomic E-state index is -3.08. The summed E-state index contributed by atoms with van der Waals surface area (Å²) >= 11 is 0. The van der Waals surface area contributed by atoms with E-state index in [0.717, 1.165) is 16.8 Å². The van der Waals surface area contributed by atoms with Crippen LogP contribution in [0.15, 0.2) is 18.2 Å². The molecule has 2 saturated heterocycles. The minimum Gasteiger partial charge on any atom is -0.344 e. The van der Waals surface area contributed by atoms with Crippen molar-refractivity contribution in [1.29, 1.82) is 0 Å². The van der Waals surface area contributed by atoms with Gasteiger partial charge in [-0.25, -0.2) is 8.42 Å². The Morgan fingerprint density at radius 1 is 1.17 bits per heavy atom. The van der Waals surface area contributed by atoms with E-state index in [2.05, 4.69) is 5.32 Å². The number of sulfone groups is 1. The molecule has 0 radical (unpaired) electrons. The van der Waals surface area contributed by atoms with Crippen molar-refractivity contribution in [3.05, 3.63) is 29.3 Å². The van der Waals surface area contributed by atoms with Crippen molar-refractivity contribution < 1.29 is 22.8 Å². The van der Waals surface area contributed by atoms with E-state index in [-0.39, 0.29) is 55.3 Å². The second-order valence-corrected chi connectivity index (χ2v) is 10.1. The average Bonchev–Trinajstić information content (AvgIpc) is 3.05. The van der Waals surface area contributed by atoms with Crippen LogP contribution in [0.4, 0.5) is 5.69 Å². The molecule has 0 aromatic heterocycles. The van der Waals surface area contributed by atoms with E-state index in [1.807, 2.05) is 32.0 Å². The molecule has 1 aromatic rings. The molecule has 8 nitrogen and oxygen atoms in total. The van der Waals surface area contributed by atoms with Crippen LogP contribution in [0.1, 0.15) is 24.5 Å². The van der Waals surface area contributed by atoms with Crippen LogP contribution in [-0.2, 0) is 24.2 Å². The SMILES string of the molecule is Cc1cccc(N2CC(C(=O)NC(C)C(=O)N3CCS(=O)(=O)CC3)CC2=O)c1C. The second kappa shape index (κ2) is 8.14. The van der Waals surface area contributed by atoms with Crippen molar-refractivity contribution in [2.24, 2.45) is 5.92 Å². The van der Waals surface area contributed by atoms with Crippen LogP contribution in [0.3, 0.4) is 0 Å². The molecule has 2 heterocycles. The van der Waals surface area contributed by atoms with Gasteiger partial charge in [0, 0.05) is 31.7 Å². The first-order chi connectivity index (χ1) is 13.6. The first kappa shape index (κ1) is 21.3. The van der Waals surface area contributed by atoms with Crippen LogP contribution in [0.5, 0.6) is 0 Å². The lowest BCUT2D eigenvalue weighted by Crippen LogP contribution is -2.52. The Bertz CT molecular complexity index is 929. The summed E-state index contributed by atoms with van der Waals surface area (Å²) in [5.74, 6) is -1.39. The van der Waals surface area contributed by atoms with Crippen LogP contribution in [0.2, 0.25) is 0 Å². The van der Waals surface area contributed by atoms with E-state index < -0.39 is 21.8 Å². The van der Waals surface area contributed by atoms with Crippen molar-refractivity contribution in [2.45, 2.75) is 33.2 Å². The predicted octanol–water partition coefficient (Wildman–Crippen LogP) is 0.418. The van der Waals surface area contributed by atoms with Gasteiger partial charge in [-0.1, -0.05) is 12.1 Å². The molecular formula is C20H27N3O5S. The van der Waals surface area contributed by atoms with Crippen molar-refractivity contribution in [1.82, 2.24) is 10.2 Å². The normalized spacial score (nSPS) is 22.4. The molecule has 158 valence electrons. The van der Waals surface area contributed by atoms with E-state index in [0.29, 0.717) is 0 Å². The zero-order valence-corrected chi connectivity index (χ0v) is 17.8. The van der Waals surface area contributed by atoms with Crippen LogP contribution in [0, 0.1) is 19.8 Å². The molecule has 0 aliphatic carbocycles. The lowest BCUT2D eigenvalue weighted by atomic mass is 10.1. The zero-order valence-electron chi connectivity index (χ0n) is 17.0. The number of rotatable bonds is 4. The summed E-state index contributed by atoms with van der Waals surface area (Å²) in [6.07, 6.45) is 0.0993. The zero-order chi connectivity index (χ0) is 21.3. The van der Waals surface area contributed by atoms with E-state index in [4.69, 9.17) is 0 Å². The second-order valence-electron chi connectivity index (χ2n) is 7.83. The van der Waals surface area contributed by atoms with Gasteiger partial charge in [-0.05, 0) is 38.0 Å². The van der Waals surface area contributed by atoms with Crippen LogP contribution in [0.25, 0.3) is 0 Å². The Balaban J connectivity index is 1.60. The first-order valence-electron chi connectivity index (χ1n) is 9.75. The summed E-state index contributed by atoms with van der Waals surface area (Å²) in [6.45, 7) is 6.07. The predicted molar refractivity (Wildman–Crippen MR) is 109 cm³/mol. The highest BCUT2D eigenvalue weighted by molar-refractivity contribution is 7.91. The molecule has 3 rings (SSSR count). The fraction of sp³-hybridized carbons (Fsp3) is 0.550. The Labute approximate surface area is 171 Å². The van der Waals surface area contributed by atoms with Gasteiger partial charge in [-0.2, -0.15) is 0 Å². The number of nitrogens with zero attached hydrogens (tertiary/aromatic N) is 2. The number of benzene rings is 1. The molecule has 1 aromatic carbocycles. The molecular weight excluding hydrogens is 394 g/mol. The number of anilines is 1. The third-order valence-corrected chi connectivity index (χ3v) is 7.36. The highest BCUT2D eigenvalue weighted by Crippen LogP contribution is 2.29. The molecule has 1 N–H and O–H groups in total. The van der Waals surface area contributed by atoms with Crippen LogP contribution >= 0.6 is 0 Å². The number of amides is 3. The molecule has 2 unspecified atom stereocenters. The number of hydrogen-bond donors (Lipinski definition) is 1. The molecule has 3 amide bonds. The third-order valence-electron chi connectivity index (χ3n) is 5.75. The van der Waals surface area contributed by atoms with Gasteiger partial charge in [0.25, 0.3) is 0 Å². The van der Waals surface area contributed by atoms with Crippen molar-refractivity contribution in [3.8, 4) is 0 Å². The Morgan fingerprint density at radius 2 is 1.83 bits per heavy atom. The molecule has 9 heteroatoms. The molecule has 2 aliphatic heterocycles. The fourth-order valence-electron chi connectivity index (χ4n) is 3.74. The fourth-order valence-corrected chi connectivity index (χ4v) is 4.94. The molecule has 29 heavy (non-hydrogen) atoms. The number of hydrogen-bond acceptors (Lipinski definition) is 5. The maximum absolute atomic E-state index is 12.7. The Hall–Kier alpha value is -2.42. The standard InChI is InChI=1S/C20H27N3O5S/c1-13-5-4-6-17(14(13)2)23-12-16(11-18(23)24)19(25)21-15(3)20(26)22-7-9-29(27,28)10-8-22/h4-6,15-16H,7-12H2,1-3H3,(H,21,25). The van der Waals surface area contributed by atoms with E-state index >= 15 is 0 Å². The summed E-state index contributed by atoms with van der Waals surface area (Å²) in [6, 6.07) is 4.96. The lowest BCUT2D eigenvalue weighted by Gasteiger charge is -2.29. The number of carbonyl (C=O) groups excluding carboxylic acids is 3. The molecule has 2 fully saturated rings. The molecule has 0 bridgehead atoms. The summed E-state index contributed by atoms with van der Waals surface area (Å²) < 4.78 is 23.0. The molecule has 2 atom stereocenters. The highest BCUT2D eigenvalue weighted by atomic mass is 32.2. The van der Waals surface area contributed by atoms with Crippen LogP contribution in [-0.4, -0.2) is 68.2 Å². The lowest BCUT2D eigenvalue weighted by molar-refractivity contribution is -0.136. The molecule has 0 saturated carbocycles. The summed E-state index contributed by atoms with van der Waals surface area (Å²) in [7, 11) is -3.08. The molecule has 0 spiro atoms. The Morgan fingerprint density at radius 3 is 2.48 bits per heavy atom. The van der Waals surface area contributed by atoms with Gasteiger partial charge in [0.2, 0.25) is 17.7 Å². The first-order valence-corrected chi connectivity index (χ1v) is 11.6. The number of carbonyl (C=O) groups is 3.